The summed E-state index contributed by atoms with van der Waals surface area (Å²) >= 11 is 0. The Morgan fingerprint density at radius 1 is 1.69 bits per heavy atom. The second kappa shape index (κ2) is 6.50. The van der Waals surface area contributed by atoms with Crippen molar-refractivity contribution in [3.8, 4) is 0 Å². The van der Waals surface area contributed by atoms with Crippen LogP contribution in [0.5, 0.6) is 0 Å². The number of nitrogens with zero attached hydrogens (tertiary/aromatic N) is 1. The van der Waals surface area contributed by atoms with Crippen LogP contribution in [0.25, 0.3) is 0 Å². The van der Waals surface area contributed by atoms with Crippen LogP contribution < -0.4 is 10.6 Å². The number of ether oxygens (including phenoxy) is 1. The Morgan fingerprint density at radius 3 is 3.06 bits per heavy atom. The number of likely N-dealkylation sites (tertiary alicyclic amines) is 1. The quantitative estimate of drug-likeness (QED) is 0.622. The first-order chi connectivity index (χ1) is 7.70. The molecule has 16 heavy (non-hydrogen) atoms. The van der Waals surface area contributed by atoms with E-state index in [1.165, 1.54) is 0 Å². The minimum absolute atomic E-state index is 0.0611. The van der Waals surface area contributed by atoms with E-state index in [0.717, 1.165) is 18.5 Å². The first-order valence-corrected chi connectivity index (χ1v) is 5.56. The molecule has 5 nitrogen and oxygen atoms in total. The third-order valence-electron chi connectivity index (χ3n) is 2.73. The van der Waals surface area contributed by atoms with Gasteiger partial charge in [0.1, 0.15) is 6.04 Å². The molecule has 5 heteroatoms. The van der Waals surface area contributed by atoms with E-state index >= 15 is 0 Å². The molecule has 1 unspecified atom stereocenters. The fourth-order valence-electron chi connectivity index (χ4n) is 1.88. The van der Waals surface area contributed by atoms with E-state index in [1.807, 2.05) is 11.9 Å². The Labute approximate surface area is 96.8 Å². The van der Waals surface area contributed by atoms with Crippen molar-refractivity contribution < 1.29 is 9.53 Å². The van der Waals surface area contributed by atoms with E-state index < -0.39 is 0 Å². The van der Waals surface area contributed by atoms with Crippen molar-refractivity contribution in [1.29, 1.82) is 0 Å². The molecule has 0 saturated carbocycles. The van der Waals surface area contributed by atoms with Gasteiger partial charge in [0, 0.05) is 19.4 Å². The predicted octanol–water partition coefficient (Wildman–Crippen LogP) is -0.0960. The summed E-state index contributed by atoms with van der Waals surface area (Å²) in [7, 11) is 3.49. The lowest BCUT2D eigenvalue weighted by Gasteiger charge is -2.26. The maximum absolute atomic E-state index is 11.9. The van der Waals surface area contributed by atoms with Gasteiger partial charge in [-0.1, -0.05) is 6.58 Å². The first kappa shape index (κ1) is 13.0. The normalized spacial score (nSPS) is 20.2. The van der Waals surface area contributed by atoms with E-state index in [-0.39, 0.29) is 11.9 Å². The van der Waals surface area contributed by atoms with Crippen LogP contribution in [-0.4, -0.2) is 50.8 Å². The Hall–Kier alpha value is -1.07. The molecule has 0 radical (unpaired) electrons. The summed E-state index contributed by atoms with van der Waals surface area (Å²) in [6.07, 6.45) is 1.74. The molecule has 0 aromatic carbocycles. The SMILES string of the molecule is C=C1CCC(C(=O)NCCOC)N1CNC. The minimum Gasteiger partial charge on any atom is -0.383 e. The van der Waals surface area contributed by atoms with Gasteiger partial charge < -0.3 is 20.3 Å². The maximum atomic E-state index is 11.9. The number of nitrogens with one attached hydrogen (secondary N) is 2. The summed E-state index contributed by atoms with van der Waals surface area (Å²) in [6, 6.07) is -0.0863. The summed E-state index contributed by atoms with van der Waals surface area (Å²) in [4.78, 5) is 13.9. The van der Waals surface area contributed by atoms with Gasteiger partial charge in [0.2, 0.25) is 5.91 Å². The van der Waals surface area contributed by atoms with Crippen molar-refractivity contribution in [2.45, 2.75) is 18.9 Å². The van der Waals surface area contributed by atoms with Crippen LogP contribution in [-0.2, 0) is 9.53 Å². The van der Waals surface area contributed by atoms with Crippen molar-refractivity contribution in [1.82, 2.24) is 15.5 Å². The van der Waals surface area contributed by atoms with Crippen LogP contribution in [0.3, 0.4) is 0 Å². The zero-order valence-electron chi connectivity index (χ0n) is 10.1. The lowest BCUT2D eigenvalue weighted by atomic mass is 10.2. The summed E-state index contributed by atoms with van der Waals surface area (Å²) < 4.78 is 4.89. The largest absolute Gasteiger partial charge is 0.383 e. The number of rotatable bonds is 6. The van der Waals surface area contributed by atoms with Crippen molar-refractivity contribution >= 4 is 5.91 Å². The number of allylic oxidation sites excluding steroid dienone is 1. The molecule has 2 N–H and O–H groups in total. The molecule has 0 bridgehead atoms. The summed E-state index contributed by atoms with van der Waals surface area (Å²) in [5.74, 6) is 0.0611. The maximum Gasteiger partial charge on any atom is 0.242 e. The third-order valence-corrected chi connectivity index (χ3v) is 2.73. The van der Waals surface area contributed by atoms with Crippen LogP contribution >= 0.6 is 0 Å². The molecule has 1 amide bonds. The van der Waals surface area contributed by atoms with E-state index in [2.05, 4.69) is 17.2 Å². The second-order valence-electron chi connectivity index (χ2n) is 3.89. The highest BCUT2D eigenvalue weighted by molar-refractivity contribution is 5.82. The fraction of sp³-hybridized carbons (Fsp3) is 0.727. The molecule has 0 aromatic rings. The lowest BCUT2D eigenvalue weighted by Crippen LogP contribution is -2.46. The van der Waals surface area contributed by atoms with Crippen LogP contribution in [0.15, 0.2) is 12.3 Å². The molecular formula is C11H21N3O2. The minimum atomic E-state index is -0.0863. The first-order valence-electron chi connectivity index (χ1n) is 5.56. The van der Waals surface area contributed by atoms with E-state index in [9.17, 15) is 4.79 Å². The number of amides is 1. The molecule has 1 fully saturated rings. The van der Waals surface area contributed by atoms with Gasteiger partial charge in [0.05, 0.1) is 13.3 Å². The molecule has 0 spiro atoms. The average Bonchev–Trinajstić information content (AvgIpc) is 2.62. The van der Waals surface area contributed by atoms with Gasteiger partial charge in [-0.15, -0.1) is 0 Å². The molecule has 92 valence electrons. The lowest BCUT2D eigenvalue weighted by molar-refractivity contribution is -0.125. The zero-order chi connectivity index (χ0) is 12.0. The van der Waals surface area contributed by atoms with Gasteiger partial charge in [-0.05, 0) is 19.9 Å². The highest BCUT2D eigenvalue weighted by Gasteiger charge is 2.31. The number of methoxy groups -OCH3 is 1. The molecule has 0 aromatic heterocycles. The number of carbonyl (C=O) groups excluding carboxylic acids is 1. The summed E-state index contributed by atoms with van der Waals surface area (Å²) in [5, 5.41) is 5.91. The van der Waals surface area contributed by atoms with Gasteiger partial charge >= 0.3 is 0 Å². The number of hydrogen-bond donors (Lipinski definition) is 2. The van der Waals surface area contributed by atoms with Gasteiger partial charge in [0.25, 0.3) is 0 Å². The molecule has 1 aliphatic rings. The Morgan fingerprint density at radius 2 is 2.44 bits per heavy atom. The Bertz CT molecular complexity index is 256. The second-order valence-corrected chi connectivity index (χ2v) is 3.89. The van der Waals surface area contributed by atoms with Crippen LogP contribution in [0.4, 0.5) is 0 Å². The van der Waals surface area contributed by atoms with Crippen LogP contribution in [0, 0.1) is 0 Å². The summed E-state index contributed by atoms with van der Waals surface area (Å²) in [6.45, 7) is 5.74. The highest BCUT2D eigenvalue weighted by atomic mass is 16.5. The highest BCUT2D eigenvalue weighted by Crippen LogP contribution is 2.24. The van der Waals surface area contributed by atoms with Crippen molar-refractivity contribution in [3.05, 3.63) is 12.3 Å². The molecule has 1 heterocycles. The van der Waals surface area contributed by atoms with Gasteiger partial charge in [-0.3, -0.25) is 4.79 Å². The number of carbonyl (C=O) groups is 1. The van der Waals surface area contributed by atoms with Crippen molar-refractivity contribution in [2.75, 3.05) is 34.0 Å². The molecular weight excluding hydrogens is 206 g/mol. The average molecular weight is 227 g/mol. The molecule has 1 rings (SSSR count). The molecule has 1 atom stereocenters. The smallest absolute Gasteiger partial charge is 0.242 e. The predicted molar refractivity (Wildman–Crippen MR) is 62.8 cm³/mol. The molecule has 0 aliphatic carbocycles. The molecule has 1 aliphatic heterocycles. The number of hydrogen-bond acceptors (Lipinski definition) is 4. The van der Waals surface area contributed by atoms with E-state index in [1.54, 1.807) is 7.11 Å². The monoisotopic (exact) mass is 227 g/mol. The van der Waals surface area contributed by atoms with Crippen LogP contribution in [0.1, 0.15) is 12.8 Å². The van der Waals surface area contributed by atoms with Gasteiger partial charge in [-0.2, -0.15) is 0 Å². The van der Waals surface area contributed by atoms with E-state index in [0.29, 0.717) is 19.8 Å². The third kappa shape index (κ3) is 3.21. The van der Waals surface area contributed by atoms with E-state index in [4.69, 9.17) is 4.74 Å². The van der Waals surface area contributed by atoms with Crippen molar-refractivity contribution in [2.24, 2.45) is 0 Å². The summed E-state index contributed by atoms with van der Waals surface area (Å²) in [5.41, 5.74) is 1.03. The van der Waals surface area contributed by atoms with Crippen LogP contribution in [0.2, 0.25) is 0 Å². The standard InChI is InChI=1S/C11H21N3O2/c1-9-4-5-10(14(9)8-12-2)11(15)13-6-7-16-3/h10,12H,1,4-8H2,2-3H3,(H,13,15). The molecule has 1 saturated heterocycles. The topological polar surface area (TPSA) is 53.6 Å². The Kier molecular flexibility index (Phi) is 5.28. The fourth-order valence-corrected chi connectivity index (χ4v) is 1.88. The Balaban J connectivity index is 2.44. The van der Waals surface area contributed by atoms with Gasteiger partial charge in [0.15, 0.2) is 0 Å². The zero-order valence-corrected chi connectivity index (χ0v) is 10.1. The van der Waals surface area contributed by atoms with Crippen molar-refractivity contribution in [3.63, 3.8) is 0 Å². The van der Waals surface area contributed by atoms with Gasteiger partial charge in [-0.25, -0.2) is 0 Å².